The molecule has 5 heteroatoms. The van der Waals surface area contributed by atoms with Crippen LogP contribution < -0.4 is 11.1 Å². The molecule has 18 heavy (non-hydrogen) atoms. The Morgan fingerprint density at radius 2 is 1.78 bits per heavy atom. The maximum atomic E-state index is 11.8. The third kappa shape index (κ3) is 5.78. The maximum Gasteiger partial charge on any atom is 0.229 e. The quantitative estimate of drug-likeness (QED) is 0.659. The van der Waals surface area contributed by atoms with E-state index >= 15 is 0 Å². The Labute approximate surface area is 116 Å². The number of carbonyl (C=O) groups excluding carboxylic acids is 1. The van der Waals surface area contributed by atoms with E-state index < -0.39 is 0 Å². The van der Waals surface area contributed by atoms with Crippen LogP contribution in [0.4, 0.5) is 0 Å². The molecule has 0 aromatic carbocycles. The number of amides is 1. The molecule has 1 atom stereocenters. The molecule has 4 nitrogen and oxygen atoms in total. The third-order valence-corrected chi connectivity index (χ3v) is 3.35. The van der Waals surface area contributed by atoms with Crippen LogP contribution in [-0.4, -0.2) is 41.0 Å². The molecular formula is C13H27N3OS. The summed E-state index contributed by atoms with van der Waals surface area (Å²) in [7, 11) is 0. The lowest BCUT2D eigenvalue weighted by Crippen LogP contribution is -2.44. The van der Waals surface area contributed by atoms with E-state index in [1.54, 1.807) is 0 Å². The molecule has 1 unspecified atom stereocenters. The number of rotatable bonds is 8. The van der Waals surface area contributed by atoms with Crippen molar-refractivity contribution in [2.24, 2.45) is 11.7 Å². The molecule has 0 aliphatic heterocycles. The Morgan fingerprint density at radius 1 is 1.28 bits per heavy atom. The fourth-order valence-electron chi connectivity index (χ4n) is 2.06. The van der Waals surface area contributed by atoms with E-state index in [-0.39, 0.29) is 16.8 Å². The SMILES string of the molecule is CCC(C(=O)NCCN(C(C)C)C(C)C)C(N)=S. The van der Waals surface area contributed by atoms with Crippen molar-refractivity contribution in [2.45, 2.75) is 53.1 Å². The van der Waals surface area contributed by atoms with Crippen molar-refractivity contribution >= 4 is 23.1 Å². The number of nitrogens with one attached hydrogen (secondary N) is 1. The number of nitrogens with zero attached hydrogens (tertiary/aromatic N) is 1. The van der Waals surface area contributed by atoms with Gasteiger partial charge in [0.25, 0.3) is 0 Å². The van der Waals surface area contributed by atoms with Crippen LogP contribution >= 0.6 is 12.2 Å². The van der Waals surface area contributed by atoms with E-state index in [2.05, 4.69) is 37.9 Å². The van der Waals surface area contributed by atoms with Gasteiger partial charge in [0, 0.05) is 25.2 Å². The topological polar surface area (TPSA) is 58.4 Å². The normalized spacial score (nSPS) is 13.1. The van der Waals surface area contributed by atoms with Crippen LogP contribution in [0.3, 0.4) is 0 Å². The molecule has 0 aromatic heterocycles. The van der Waals surface area contributed by atoms with Crippen LogP contribution in [0.1, 0.15) is 41.0 Å². The summed E-state index contributed by atoms with van der Waals surface area (Å²) in [5.74, 6) is -0.399. The predicted molar refractivity (Wildman–Crippen MR) is 80.6 cm³/mol. The van der Waals surface area contributed by atoms with Gasteiger partial charge in [-0.05, 0) is 34.1 Å². The molecule has 0 aliphatic carbocycles. The van der Waals surface area contributed by atoms with Crippen molar-refractivity contribution in [3.05, 3.63) is 0 Å². The first-order chi connectivity index (χ1) is 8.31. The number of hydrogen-bond donors (Lipinski definition) is 2. The Morgan fingerprint density at radius 3 is 2.11 bits per heavy atom. The zero-order chi connectivity index (χ0) is 14.3. The highest BCUT2D eigenvalue weighted by Crippen LogP contribution is 2.05. The molecule has 106 valence electrons. The Balaban J connectivity index is 4.17. The highest BCUT2D eigenvalue weighted by molar-refractivity contribution is 7.80. The lowest BCUT2D eigenvalue weighted by atomic mass is 10.1. The van der Waals surface area contributed by atoms with Gasteiger partial charge < -0.3 is 11.1 Å². The Bertz CT molecular complexity index is 271. The lowest BCUT2D eigenvalue weighted by molar-refractivity contribution is -0.123. The van der Waals surface area contributed by atoms with Gasteiger partial charge in [-0.1, -0.05) is 19.1 Å². The summed E-state index contributed by atoms with van der Waals surface area (Å²) in [5.41, 5.74) is 5.54. The molecule has 0 saturated heterocycles. The van der Waals surface area contributed by atoms with Gasteiger partial charge in [0.15, 0.2) is 0 Å². The van der Waals surface area contributed by atoms with Crippen molar-refractivity contribution in [1.82, 2.24) is 10.2 Å². The van der Waals surface area contributed by atoms with Crippen LogP contribution in [-0.2, 0) is 4.79 Å². The molecule has 0 fully saturated rings. The average molecular weight is 273 g/mol. The first kappa shape index (κ1) is 17.3. The van der Waals surface area contributed by atoms with Gasteiger partial charge in [0.2, 0.25) is 5.91 Å². The van der Waals surface area contributed by atoms with E-state index in [4.69, 9.17) is 18.0 Å². The molecular weight excluding hydrogens is 246 g/mol. The molecule has 0 saturated carbocycles. The molecule has 0 aromatic rings. The van der Waals surface area contributed by atoms with Crippen molar-refractivity contribution in [3.8, 4) is 0 Å². The largest absolute Gasteiger partial charge is 0.393 e. The van der Waals surface area contributed by atoms with Gasteiger partial charge >= 0.3 is 0 Å². The molecule has 0 rings (SSSR count). The predicted octanol–water partition coefficient (Wildman–Crippen LogP) is 1.53. The van der Waals surface area contributed by atoms with Gasteiger partial charge in [-0.3, -0.25) is 9.69 Å². The maximum absolute atomic E-state index is 11.8. The van der Waals surface area contributed by atoms with Crippen molar-refractivity contribution in [3.63, 3.8) is 0 Å². The monoisotopic (exact) mass is 273 g/mol. The second-order valence-electron chi connectivity index (χ2n) is 5.08. The summed E-state index contributed by atoms with van der Waals surface area (Å²) in [6.45, 7) is 12.0. The fraction of sp³-hybridized carbons (Fsp3) is 0.846. The summed E-state index contributed by atoms with van der Waals surface area (Å²) in [4.78, 5) is 14.5. The molecule has 0 radical (unpaired) electrons. The van der Waals surface area contributed by atoms with Gasteiger partial charge in [-0.25, -0.2) is 0 Å². The molecule has 1 amide bonds. The van der Waals surface area contributed by atoms with Crippen molar-refractivity contribution in [1.29, 1.82) is 0 Å². The van der Waals surface area contributed by atoms with Crippen LogP contribution in [0.5, 0.6) is 0 Å². The Hall–Kier alpha value is -0.680. The first-order valence-corrected chi connectivity index (χ1v) is 7.04. The van der Waals surface area contributed by atoms with E-state index in [0.717, 1.165) is 6.54 Å². The van der Waals surface area contributed by atoms with Crippen LogP contribution in [0.2, 0.25) is 0 Å². The lowest BCUT2D eigenvalue weighted by Gasteiger charge is -2.30. The smallest absolute Gasteiger partial charge is 0.229 e. The van der Waals surface area contributed by atoms with Gasteiger partial charge in [-0.2, -0.15) is 0 Å². The van der Waals surface area contributed by atoms with Gasteiger partial charge in [0.1, 0.15) is 0 Å². The summed E-state index contributed by atoms with van der Waals surface area (Å²) >= 11 is 4.88. The van der Waals surface area contributed by atoms with Crippen molar-refractivity contribution in [2.75, 3.05) is 13.1 Å². The molecule has 0 bridgehead atoms. The zero-order valence-electron chi connectivity index (χ0n) is 12.2. The van der Waals surface area contributed by atoms with E-state index in [1.165, 1.54) is 0 Å². The third-order valence-electron chi connectivity index (χ3n) is 3.06. The van der Waals surface area contributed by atoms with Gasteiger partial charge in [-0.15, -0.1) is 0 Å². The van der Waals surface area contributed by atoms with Crippen molar-refractivity contribution < 1.29 is 4.79 Å². The Kier molecular flexibility index (Phi) is 8.11. The fourth-order valence-corrected chi connectivity index (χ4v) is 2.33. The van der Waals surface area contributed by atoms with E-state index in [1.807, 2.05) is 6.92 Å². The molecule has 0 spiro atoms. The number of thiocarbonyl (C=S) groups is 1. The van der Waals surface area contributed by atoms with E-state index in [9.17, 15) is 4.79 Å². The average Bonchev–Trinajstić information content (AvgIpc) is 2.23. The summed E-state index contributed by atoms with van der Waals surface area (Å²) in [6.07, 6.45) is 0.652. The molecule has 0 heterocycles. The van der Waals surface area contributed by atoms with Crippen LogP contribution in [0.15, 0.2) is 0 Å². The second kappa shape index (κ2) is 8.43. The summed E-state index contributed by atoms with van der Waals surface area (Å²) < 4.78 is 0. The summed E-state index contributed by atoms with van der Waals surface area (Å²) in [6, 6.07) is 0.943. The second-order valence-corrected chi connectivity index (χ2v) is 5.55. The summed E-state index contributed by atoms with van der Waals surface area (Å²) in [5, 5.41) is 2.91. The minimum absolute atomic E-state index is 0.0579. The standard InChI is InChI=1S/C13H27N3OS/c1-6-11(12(14)18)13(17)15-7-8-16(9(2)3)10(4)5/h9-11H,6-8H2,1-5H3,(H2,14,18)(H,15,17). The number of nitrogens with two attached hydrogens (primary N) is 1. The minimum Gasteiger partial charge on any atom is -0.393 e. The molecule has 3 N–H and O–H groups in total. The highest BCUT2D eigenvalue weighted by atomic mass is 32.1. The minimum atomic E-state index is -0.341. The number of carbonyl (C=O) groups is 1. The number of hydrogen-bond acceptors (Lipinski definition) is 3. The molecule has 0 aliphatic rings. The highest BCUT2D eigenvalue weighted by Gasteiger charge is 2.19. The van der Waals surface area contributed by atoms with Crippen LogP contribution in [0.25, 0.3) is 0 Å². The van der Waals surface area contributed by atoms with E-state index in [0.29, 0.717) is 25.0 Å². The first-order valence-electron chi connectivity index (χ1n) is 6.64. The van der Waals surface area contributed by atoms with Gasteiger partial charge in [0.05, 0.1) is 10.9 Å². The zero-order valence-corrected chi connectivity index (χ0v) is 13.0. The van der Waals surface area contributed by atoms with Crippen LogP contribution in [0, 0.1) is 5.92 Å².